The van der Waals surface area contributed by atoms with E-state index in [4.69, 9.17) is 21.8 Å². The van der Waals surface area contributed by atoms with Crippen LogP contribution in [0.25, 0.3) is 11.5 Å². The first-order valence-electron chi connectivity index (χ1n) is 9.03. The molecule has 0 amide bonds. The van der Waals surface area contributed by atoms with Crippen molar-refractivity contribution in [2.45, 2.75) is 25.6 Å². The maximum atomic E-state index is 12.7. The Morgan fingerprint density at radius 3 is 2.70 bits per heavy atom. The summed E-state index contributed by atoms with van der Waals surface area (Å²) in [5.74, 6) is -0.460. The second kappa shape index (κ2) is 8.88. The predicted octanol–water partition coefficient (Wildman–Crippen LogP) is 2.46. The molecule has 0 saturated carbocycles. The van der Waals surface area contributed by atoms with Crippen LogP contribution < -0.4 is 17.0 Å². The van der Waals surface area contributed by atoms with Gasteiger partial charge in [0.25, 0.3) is 10.8 Å². The summed E-state index contributed by atoms with van der Waals surface area (Å²) in [6.07, 6.45) is 0. The molecule has 2 N–H and O–H groups in total. The van der Waals surface area contributed by atoms with Crippen molar-refractivity contribution in [1.29, 1.82) is 0 Å². The lowest BCUT2D eigenvalue weighted by atomic mass is 10.2. The molecular weight excluding hydrogens is 430 g/mol. The van der Waals surface area contributed by atoms with Crippen LogP contribution in [0.3, 0.4) is 0 Å². The van der Waals surface area contributed by atoms with Gasteiger partial charge in [0.1, 0.15) is 11.4 Å². The Hall–Kier alpha value is -2.85. The van der Waals surface area contributed by atoms with Crippen LogP contribution in [0.2, 0.25) is 5.02 Å². The molecule has 11 heteroatoms. The van der Waals surface area contributed by atoms with Crippen molar-refractivity contribution in [2.24, 2.45) is 13.0 Å². The van der Waals surface area contributed by atoms with Gasteiger partial charge in [-0.3, -0.25) is 18.7 Å². The molecule has 3 aromatic rings. The number of anilines is 1. The number of ketones is 1. The van der Waals surface area contributed by atoms with Gasteiger partial charge in [0.2, 0.25) is 5.89 Å². The second-order valence-corrected chi connectivity index (χ2v) is 8.37. The first kappa shape index (κ1) is 21.8. The maximum Gasteiger partial charge on any atom is 0.332 e. The molecule has 9 nitrogen and oxygen atoms in total. The first-order valence-corrected chi connectivity index (χ1v) is 10.4. The number of nitrogens with two attached hydrogens (primary N) is 1. The minimum absolute atomic E-state index is 0.100. The Morgan fingerprint density at radius 2 is 2.03 bits per heavy atom. The number of nitrogens with zero attached hydrogens (tertiary/aromatic N) is 4. The maximum absolute atomic E-state index is 12.7. The number of hydrogen-bond donors (Lipinski definition) is 1. The molecule has 0 spiro atoms. The number of carbonyl (C=O) groups is 1. The van der Waals surface area contributed by atoms with Crippen molar-refractivity contribution in [3.05, 3.63) is 55.7 Å². The molecule has 0 bridgehead atoms. The Kier molecular flexibility index (Phi) is 6.47. The highest BCUT2D eigenvalue weighted by atomic mass is 35.5. The van der Waals surface area contributed by atoms with Crippen LogP contribution >= 0.6 is 23.4 Å². The third-order valence-corrected chi connectivity index (χ3v) is 5.27. The molecular formula is C19H20ClN5O4S. The molecule has 2 heterocycles. The van der Waals surface area contributed by atoms with Crippen LogP contribution in [0.5, 0.6) is 0 Å². The summed E-state index contributed by atoms with van der Waals surface area (Å²) in [6.45, 7) is 4.10. The highest BCUT2D eigenvalue weighted by molar-refractivity contribution is 7.99. The van der Waals surface area contributed by atoms with Gasteiger partial charge in [-0.25, -0.2) is 4.79 Å². The number of benzene rings is 1. The molecule has 30 heavy (non-hydrogen) atoms. The van der Waals surface area contributed by atoms with Crippen molar-refractivity contribution in [3.63, 3.8) is 0 Å². The summed E-state index contributed by atoms with van der Waals surface area (Å²) in [7, 11) is 1.32. The topological polar surface area (TPSA) is 126 Å². The summed E-state index contributed by atoms with van der Waals surface area (Å²) in [4.78, 5) is 37.6. The fraction of sp³-hybridized carbons (Fsp3) is 0.316. The van der Waals surface area contributed by atoms with E-state index >= 15 is 0 Å². The summed E-state index contributed by atoms with van der Waals surface area (Å²) < 4.78 is 7.68. The van der Waals surface area contributed by atoms with Crippen LogP contribution in [0.1, 0.15) is 24.2 Å². The minimum Gasteiger partial charge on any atom is -0.411 e. The van der Waals surface area contributed by atoms with Crippen LogP contribution in [0.15, 0.2) is 43.5 Å². The molecule has 0 saturated heterocycles. The average Bonchev–Trinajstić information content (AvgIpc) is 3.17. The van der Waals surface area contributed by atoms with Crippen LogP contribution in [0.4, 0.5) is 5.82 Å². The van der Waals surface area contributed by atoms with Crippen molar-refractivity contribution < 1.29 is 9.21 Å². The number of hydrogen-bond acceptors (Lipinski definition) is 8. The van der Waals surface area contributed by atoms with Crippen LogP contribution in [0, 0.1) is 5.92 Å². The second-order valence-electron chi connectivity index (χ2n) is 7.01. The van der Waals surface area contributed by atoms with Gasteiger partial charge in [-0.1, -0.05) is 43.3 Å². The molecule has 0 aliphatic heterocycles. The van der Waals surface area contributed by atoms with Gasteiger partial charge >= 0.3 is 5.69 Å². The zero-order valence-corrected chi connectivity index (χ0v) is 18.2. The zero-order chi connectivity index (χ0) is 22.0. The third kappa shape index (κ3) is 4.49. The van der Waals surface area contributed by atoms with Crippen molar-refractivity contribution in [1.82, 2.24) is 19.3 Å². The van der Waals surface area contributed by atoms with Crippen molar-refractivity contribution in [2.75, 3.05) is 11.5 Å². The van der Waals surface area contributed by atoms with E-state index in [1.165, 1.54) is 11.6 Å². The van der Waals surface area contributed by atoms with Crippen LogP contribution in [-0.4, -0.2) is 30.9 Å². The molecule has 0 fully saturated rings. The van der Waals surface area contributed by atoms with Crippen molar-refractivity contribution in [3.8, 4) is 11.5 Å². The molecule has 0 unspecified atom stereocenters. The van der Waals surface area contributed by atoms with Gasteiger partial charge in [0.15, 0.2) is 5.78 Å². The number of Topliss-reactive ketones (excluding diaryl/α,β-unsaturated/α-hetero) is 1. The molecule has 0 aliphatic rings. The lowest BCUT2D eigenvalue weighted by molar-refractivity contribution is 0.102. The van der Waals surface area contributed by atoms with Crippen molar-refractivity contribution >= 4 is 35.0 Å². The SMILES string of the molecule is CC(C)Cn1c(N)c(C(=O)CSc2nnc(-c3cccc(Cl)c3)o2)c(=O)n(C)c1=O. The molecule has 1 aromatic carbocycles. The number of carbonyl (C=O) groups excluding carboxylic acids is 1. The molecule has 0 atom stereocenters. The largest absolute Gasteiger partial charge is 0.411 e. The fourth-order valence-electron chi connectivity index (χ4n) is 2.79. The van der Waals surface area contributed by atoms with E-state index in [2.05, 4.69) is 10.2 Å². The summed E-state index contributed by atoms with van der Waals surface area (Å²) in [5.41, 5.74) is 5.16. The summed E-state index contributed by atoms with van der Waals surface area (Å²) in [5, 5.41) is 8.53. The highest BCUT2D eigenvalue weighted by Gasteiger charge is 2.23. The molecule has 158 valence electrons. The monoisotopic (exact) mass is 449 g/mol. The standard InChI is InChI=1S/C19H20ClN5O4S/c1-10(2)8-25-15(21)14(17(27)24(3)19(25)28)13(26)9-30-18-23-22-16(29-18)11-5-4-6-12(20)7-11/h4-7,10H,8-9,21H2,1-3H3. The average molecular weight is 450 g/mol. The summed E-state index contributed by atoms with van der Waals surface area (Å²) in [6, 6.07) is 6.92. The van der Waals surface area contributed by atoms with E-state index in [9.17, 15) is 14.4 Å². The molecule has 0 radical (unpaired) electrons. The van der Waals surface area contributed by atoms with Gasteiger partial charge in [-0.2, -0.15) is 0 Å². The number of halogens is 1. The van der Waals surface area contributed by atoms with Gasteiger partial charge in [-0.15, -0.1) is 10.2 Å². The Balaban J connectivity index is 1.83. The number of rotatable bonds is 7. The Bertz CT molecular complexity index is 1210. The van der Waals surface area contributed by atoms with E-state index in [-0.39, 0.29) is 34.2 Å². The number of aromatic nitrogens is 4. The van der Waals surface area contributed by atoms with E-state index in [0.29, 0.717) is 17.1 Å². The van der Waals surface area contributed by atoms with E-state index in [1.54, 1.807) is 24.3 Å². The molecule has 3 rings (SSSR count). The number of nitrogen functional groups attached to an aromatic ring is 1. The van der Waals surface area contributed by atoms with Gasteiger partial charge in [-0.05, 0) is 24.1 Å². The van der Waals surface area contributed by atoms with E-state index < -0.39 is 17.0 Å². The smallest absolute Gasteiger partial charge is 0.332 e. The zero-order valence-electron chi connectivity index (χ0n) is 16.6. The minimum atomic E-state index is -0.728. The summed E-state index contributed by atoms with van der Waals surface area (Å²) >= 11 is 6.94. The van der Waals surface area contributed by atoms with Gasteiger partial charge in [0.05, 0.1) is 5.75 Å². The normalized spacial score (nSPS) is 11.2. The number of thioether (sulfide) groups is 1. The lowest BCUT2D eigenvalue weighted by Gasteiger charge is -2.15. The first-order chi connectivity index (χ1) is 14.2. The fourth-order valence-corrected chi connectivity index (χ4v) is 3.62. The molecule has 2 aromatic heterocycles. The lowest BCUT2D eigenvalue weighted by Crippen LogP contribution is -2.43. The predicted molar refractivity (Wildman–Crippen MR) is 115 cm³/mol. The van der Waals surface area contributed by atoms with Gasteiger partial charge < -0.3 is 10.2 Å². The Labute approximate surface area is 180 Å². The quantitative estimate of drug-likeness (QED) is 0.430. The Morgan fingerprint density at radius 1 is 1.30 bits per heavy atom. The highest BCUT2D eigenvalue weighted by Crippen LogP contribution is 2.25. The van der Waals surface area contributed by atoms with Crippen LogP contribution in [-0.2, 0) is 13.6 Å². The van der Waals surface area contributed by atoms with Gasteiger partial charge in [0, 0.05) is 24.2 Å². The van der Waals surface area contributed by atoms with E-state index in [1.807, 2.05) is 13.8 Å². The van der Waals surface area contributed by atoms with E-state index in [0.717, 1.165) is 16.3 Å². The molecule has 0 aliphatic carbocycles. The third-order valence-electron chi connectivity index (χ3n) is 4.21.